The molecule has 33 heavy (non-hydrogen) atoms. The summed E-state index contributed by atoms with van der Waals surface area (Å²) >= 11 is 0. The van der Waals surface area contributed by atoms with Gasteiger partial charge >= 0.3 is 0 Å². The molecule has 7 nitrogen and oxygen atoms in total. The quantitative estimate of drug-likeness (QED) is 0.637. The first-order chi connectivity index (χ1) is 15.2. The van der Waals surface area contributed by atoms with Gasteiger partial charge in [0.2, 0.25) is 11.8 Å². The molecule has 0 saturated heterocycles. The van der Waals surface area contributed by atoms with E-state index >= 15 is 0 Å². The molecule has 0 bridgehead atoms. The van der Waals surface area contributed by atoms with Gasteiger partial charge in [0.1, 0.15) is 17.1 Å². The second-order valence-corrected chi connectivity index (χ2v) is 11.2. The van der Waals surface area contributed by atoms with Crippen LogP contribution in [0.2, 0.25) is 0 Å². The summed E-state index contributed by atoms with van der Waals surface area (Å²) in [7, 11) is -3.51. The summed E-state index contributed by atoms with van der Waals surface area (Å²) in [6, 6.07) is 7.85. The lowest BCUT2D eigenvalue weighted by atomic mass is 9.76. The smallest absolute Gasteiger partial charge is 0.258 e. The van der Waals surface area contributed by atoms with Gasteiger partial charge in [0.25, 0.3) is 5.91 Å². The van der Waals surface area contributed by atoms with Crippen LogP contribution >= 0.6 is 0 Å². The maximum absolute atomic E-state index is 13.5. The molecule has 0 radical (unpaired) electrons. The summed E-state index contributed by atoms with van der Waals surface area (Å²) < 4.78 is 55.8. The van der Waals surface area contributed by atoms with Crippen LogP contribution in [-0.2, 0) is 15.3 Å². The second kappa shape index (κ2) is 9.17. The number of nitrogens with one attached hydrogen (secondary N) is 1. The fourth-order valence-corrected chi connectivity index (χ4v) is 3.76. The Kier molecular flexibility index (Phi) is 6.88. The Morgan fingerprint density at radius 1 is 1.24 bits per heavy atom. The van der Waals surface area contributed by atoms with E-state index in [0.717, 1.165) is 11.7 Å². The van der Waals surface area contributed by atoms with Gasteiger partial charge in [0, 0.05) is 36.1 Å². The van der Waals surface area contributed by atoms with E-state index in [1.807, 2.05) is 26.8 Å². The van der Waals surface area contributed by atoms with Gasteiger partial charge in [-0.1, -0.05) is 45.0 Å². The van der Waals surface area contributed by atoms with Crippen molar-refractivity contribution in [3.05, 3.63) is 59.4 Å². The predicted molar refractivity (Wildman–Crippen MR) is 120 cm³/mol. The van der Waals surface area contributed by atoms with Gasteiger partial charge in [-0.2, -0.15) is 4.98 Å². The highest BCUT2D eigenvalue weighted by atomic mass is 32.2. The third-order valence-corrected chi connectivity index (χ3v) is 5.74. The molecule has 0 spiro atoms. The monoisotopic (exact) mass is 479 g/mol. The molecule has 3 rings (SSSR count). The molecule has 1 aliphatic rings. The Hall–Kier alpha value is -2.88. The van der Waals surface area contributed by atoms with Crippen LogP contribution in [0.3, 0.4) is 0 Å². The Bertz CT molecular complexity index is 1140. The molecule has 1 saturated carbocycles. The molecule has 178 valence electrons. The molecular formula is C23H27F2N3O4S. The SMILES string of the molecule is CC(C)(C)c1ncc(C(=O)NC(/C=C/S(C)(=O)=O)C2CC(F)(F)C2)c(Oc2ccccc2)n1. The Labute approximate surface area is 192 Å². The number of nitrogens with zero attached hydrogens (tertiary/aromatic N) is 2. The fraction of sp³-hybridized carbons (Fsp3) is 0.435. The van der Waals surface area contributed by atoms with Gasteiger partial charge in [0.05, 0.1) is 6.04 Å². The number of para-hydroxylation sites is 1. The maximum Gasteiger partial charge on any atom is 0.258 e. The third-order valence-electron chi connectivity index (χ3n) is 5.09. The zero-order chi connectivity index (χ0) is 24.4. The average molecular weight is 480 g/mol. The molecular weight excluding hydrogens is 452 g/mol. The number of rotatable bonds is 7. The van der Waals surface area contributed by atoms with E-state index in [0.29, 0.717) is 11.6 Å². The lowest BCUT2D eigenvalue weighted by Gasteiger charge is -2.39. The van der Waals surface area contributed by atoms with Crippen molar-refractivity contribution in [2.45, 2.75) is 51.0 Å². The molecule has 1 aromatic carbocycles. The van der Waals surface area contributed by atoms with E-state index in [1.165, 1.54) is 12.3 Å². The summed E-state index contributed by atoms with van der Waals surface area (Å²) in [6.45, 7) is 5.74. The van der Waals surface area contributed by atoms with Gasteiger partial charge in [-0.15, -0.1) is 0 Å². The molecule has 2 aromatic rings. The average Bonchev–Trinajstić information content (AvgIpc) is 2.68. The van der Waals surface area contributed by atoms with Crippen molar-refractivity contribution in [3.8, 4) is 11.6 Å². The number of aromatic nitrogens is 2. The van der Waals surface area contributed by atoms with Gasteiger partial charge in [0.15, 0.2) is 9.84 Å². The van der Waals surface area contributed by atoms with Crippen LogP contribution in [0.15, 0.2) is 48.0 Å². The molecule has 1 fully saturated rings. The minimum atomic E-state index is -3.51. The zero-order valence-corrected chi connectivity index (χ0v) is 19.7. The first-order valence-corrected chi connectivity index (χ1v) is 12.4. The zero-order valence-electron chi connectivity index (χ0n) is 18.9. The molecule has 1 aliphatic carbocycles. The van der Waals surface area contributed by atoms with Gasteiger partial charge < -0.3 is 10.1 Å². The molecule has 1 amide bonds. The molecule has 1 unspecified atom stereocenters. The first kappa shape index (κ1) is 24.8. The highest BCUT2D eigenvalue weighted by Crippen LogP contribution is 2.44. The highest BCUT2D eigenvalue weighted by molar-refractivity contribution is 7.93. The minimum absolute atomic E-state index is 0.00990. The lowest BCUT2D eigenvalue weighted by molar-refractivity contribution is -0.114. The Balaban J connectivity index is 1.92. The van der Waals surface area contributed by atoms with Gasteiger partial charge in [-0.25, -0.2) is 22.2 Å². The van der Waals surface area contributed by atoms with Gasteiger partial charge in [-0.05, 0) is 18.1 Å². The van der Waals surface area contributed by atoms with Crippen molar-refractivity contribution >= 4 is 15.7 Å². The van der Waals surface area contributed by atoms with E-state index in [2.05, 4.69) is 15.3 Å². The van der Waals surface area contributed by atoms with E-state index in [-0.39, 0.29) is 11.4 Å². The lowest BCUT2D eigenvalue weighted by Crippen LogP contribution is -2.49. The number of carbonyl (C=O) groups is 1. The number of alkyl halides is 2. The number of halogens is 2. The van der Waals surface area contributed by atoms with Crippen molar-refractivity contribution in [1.82, 2.24) is 15.3 Å². The van der Waals surface area contributed by atoms with Crippen molar-refractivity contribution in [1.29, 1.82) is 0 Å². The van der Waals surface area contributed by atoms with Crippen molar-refractivity contribution in [2.24, 2.45) is 5.92 Å². The normalized spacial score (nSPS) is 17.4. The summed E-state index contributed by atoms with van der Waals surface area (Å²) in [5.41, 5.74) is -0.405. The van der Waals surface area contributed by atoms with Crippen molar-refractivity contribution < 1.29 is 26.7 Å². The molecule has 1 atom stereocenters. The Morgan fingerprint density at radius 2 is 1.88 bits per heavy atom. The van der Waals surface area contributed by atoms with E-state index in [1.54, 1.807) is 24.3 Å². The van der Waals surface area contributed by atoms with E-state index < -0.39 is 51.9 Å². The molecule has 1 aromatic heterocycles. The molecule has 0 aliphatic heterocycles. The van der Waals surface area contributed by atoms with Crippen LogP contribution in [0.25, 0.3) is 0 Å². The number of ether oxygens (including phenoxy) is 1. The van der Waals surface area contributed by atoms with Crippen LogP contribution in [-0.4, -0.2) is 42.5 Å². The van der Waals surface area contributed by atoms with Crippen LogP contribution in [0, 0.1) is 5.92 Å². The number of benzene rings is 1. The fourth-order valence-electron chi connectivity index (χ4n) is 3.30. The van der Waals surface area contributed by atoms with Crippen LogP contribution < -0.4 is 10.1 Å². The summed E-state index contributed by atoms with van der Waals surface area (Å²) in [5.74, 6) is -3.15. The number of sulfone groups is 1. The van der Waals surface area contributed by atoms with Crippen molar-refractivity contribution in [3.63, 3.8) is 0 Å². The number of carbonyl (C=O) groups excluding carboxylic acids is 1. The summed E-state index contributed by atoms with van der Waals surface area (Å²) in [4.78, 5) is 21.8. The summed E-state index contributed by atoms with van der Waals surface area (Å²) in [5, 5.41) is 3.56. The number of hydrogen-bond acceptors (Lipinski definition) is 6. The third kappa shape index (κ3) is 6.80. The number of amides is 1. The minimum Gasteiger partial charge on any atom is -0.438 e. The predicted octanol–water partition coefficient (Wildman–Crippen LogP) is 4.27. The Morgan fingerprint density at radius 3 is 2.42 bits per heavy atom. The standard InChI is InChI=1S/C23H27F2N3O4S/c1-22(2,3)21-26-14-17(20(28-21)32-16-8-6-5-7-9-16)19(29)27-18(10-11-33(4,30)31)15-12-23(24,25)13-15/h5-11,14-15,18H,12-13H2,1-4H3,(H,27,29)/b11-10+. The van der Waals surface area contributed by atoms with Crippen LogP contribution in [0.1, 0.15) is 49.8 Å². The van der Waals surface area contributed by atoms with E-state index in [4.69, 9.17) is 4.74 Å². The van der Waals surface area contributed by atoms with E-state index in [9.17, 15) is 22.0 Å². The van der Waals surface area contributed by atoms with Crippen molar-refractivity contribution in [2.75, 3.05) is 6.26 Å². The largest absolute Gasteiger partial charge is 0.438 e. The first-order valence-electron chi connectivity index (χ1n) is 10.4. The maximum atomic E-state index is 13.5. The van der Waals surface area contributed by atoms with Crippen LogP contribution in [0.5, 0.6) is 11.6 Å². The molecule has 1 N–H and O–H groups in total. The molecule has 10 heteroatoms. The number of hydrogen-bond donors (Lipinski definition) is 1. The molecule has 1 heterocycles. The van der Waals surface area contributed by atoms with Gasteiger partial charge in [-0.3, -0.25) is 4.79 Å². The summed E-state index contributed by atoms with van der Waals surface area (Å²) in [6.07, 6.45) is 2.66. The van der Waals surface area contributed by atoms with Crippen LogP contribution in [0.4, 0.5) is 8.78 Å². The highest BCUT2D eigenvalue weighted by Gasteiger charge is 2.48. The topological polar surface area (TPSA) is 98.2 Å². The second-order valence-electron chi connectivity index (χ2n) is 9.26.